The van der Waals surface area contributed by atoms with Gasteiger partial charge in [-0.25, -0.2) is 0 Å². The minimum atomic E-state index is -0.0262. The highest BCUT2D eigenvalue weighted by Gasteiger charge is 2.35. The second-order valence-electron chi connectivity index (χ2n) is 2.86. The third-order valence-electron chi connectivity index (χ3n) is 2.17. The van der Waals surface area contributed by atoms with Crippen LogP contribution in [0.4, 0.5) is 0 Å². The lowest BCUT2D eigenvalue weighted by molar-refractivity contribution is -0.117. The fourth-order valence-corrected chi connectivity index (χ4v) is 2.06. The van der Waals surface area contributed by atoms with Gasteiger partial charge in [0.05, 0.1) is 5.03 Å². The van der Waals surface area contributed by atoms with Gasteiger partial charge in [0, 0.05) is 16.9 Å². The van der Waals surface area contributed by atoms with Gasteiger partial charge in [-0.1, -0.05) is 35.4 Å². The van der Waals surface area contributed by atoms with Crippen molar-refractivity contribution in [3.05, 3.63) is 22.2 Å². The highest BCUT2D eigenvalue weighted by Crippen LogP contribution is 2.41. The zero-order chi connectivity index (χ0) is 8.01. The molecule has 2 atom stereocenters. The summed E-state index contributed by atoms with van der Waals surface area (Å²) in [5.74, 6) is 0.170. The Balaban J connectivity index is 2.49. The molecule has 2 bridgehead atoms. The molecule has 2 aliphatic rings. The quantitative estimate of drug-likeness (QED) is 0.535. The van der Waals surface area contributed by atoms with E-state index in [2.05, 4.69) is 0 Å². The number of ketones is 1. The average molecular weight is 189 g/mol. The van der Waals surface area contributed by atoms with E-state index < -0.39 is 0 Å². The lowest BCUT2D eigenvalue weighted by Gasteiger charge is -2.17. The van der Waals surface area contributed by atoms with Crippen molar-refractivity contribution in [2.45, 2.75) is 6.42 Å². The van der Waals surface area contributed by atoms with Crippen molar-refractivity contribution in [3.63, 3.8) is 0 Å². The van der Waals surface area contributed by atoms with E-state index in [9.17, 15) is 4.79 Å². The lowest BCUT2D eigenvalue weighted by atomic mass is 9.93. The van der Waals surface area contributed by atoms with Crippen molar-refractivity contribution in [2.75, 3.05) is 0 Å². The van der Waals surface area contributed by atoms with E-state index in [1.807, 2.05) is 12.2 Å². The summed E-state index contributed by atoms with van der Waals surface area (Å²) in [5, 5.41) is 0.750. The van der Waals surface area contributed by atoms with E-state index in [4.69, 9.17) is 23.2 Å². The normalized spacial score (nSPS) is 35.3. The van der Waals surface area contributed by atoms with Crippen molar-refractivity contribution >= 4 is 29.0 Å². The van der Waals surface area contributed by atoms with Gasteiger partial charge in [0.15, 0.2) is 5.78 Å². The zero-order valence-electron chi connectivity index (χ0n) is 5.68. The molecule has 0 saturated heterocycles. The molecule has 1 nitrogen and oxygen atoms in total. The predicted octanol–water partition coefficient (Wildman–Crippen LogP) is 2.45. The van der Waals surface area contributed by atoms with E-state index in [-0.39, 0.29) is 22.7 Å². The number of carbonyl (C=O) groups is 1. The summed E-state index contributed by atoms with van der Waals surface area (Å²) in [5.41, 5.74) is 0. The molecule has 0 aromatic rings. The third kappa shape index (κ3) is 0.951. The number of hydrogen-bond acceptors (Lipinski definition) is 1. The number of Topliss-reactive ketones (excluding diaryl/α,β-unsaturated/α-hetero) is 1. The van der Waals surface area contributed by atoms with Crippen molar-refractivity contribution in [1.82, 2.24) is 0 Å². The van der Waals surface area contributed by atoms with Gasteiger partial charge >= 0.3 is 0 Å². The maximum atomic E-state index is 11.3. The fraction of sp³-hybridized carbons (Fsp3) is 0.375. The second-order valence-corrected chi connectivity index (χ2v) is 3.64. The lowest BCUT2D eigenvalue weighted by Crippen LogP contribution is -2.18. The van der Waals surface area contributed by atoms with Gasteiger partial charge in [-0.15, -0.1) is 0 Å². The molecule has 0 aromatic carbocycles. The van der Waals surface area contributed by atoms with Crippen LogP contribution < -0.4 is 0 Å². The minimum absolute atomic E-state index is 0.00463. The van der Waals surface area contributed by atoms with Crippen molar-refractivity contribution < 1.29 is 4.79 Å². The summed E-state index contributed by atoms with van der Waals surface area (Å²) >= 11 is 11.5. The maximum absolute atomic E-state index is 11.3. The molecule has 0 fully saturated rings. The molecule has 0 heterocycles. The van der Waals surface area contributed by atoms with Crippen LogP contribution >= 0.6 is 23.2 Å². The Hall–Kier alpha value is -0.270. The Bertz CT molecular complexity index is 278. The Morgan fingerprint density at radius 2 is 1.91 bits per heavy atom. The monoisotopic (exact) mass is 188 g/mol. The summed E-state index contributed by atoms with van der Waals surface area (Å²) in [6.45, 7) is 0. The first kappa shape index (κ1) is 7.38. The molecular weight excluding hydrogens is 183 g/mol. The molecule has 0 amide bonds. The Morgan fingerprint density at radius 3 is 2.64 bits per heavy atom. The van der Waals surface area contributed by atoms with E-state index in [0.29, 0.717) is 5.03 Å². The molecule has 2 aliphatic carbocycles. The first-order valence-corrected chi connectivity index (χ1v) is 4.23. The summed E-state index contributed by atoms with van der Waals surface area (Å²) in [7, 11) is 0. The van der Waals surface area contributed by atoms with Crippen LogP contribution in [-0.4, -0.2) is 5.78 Å². The van der Waals surface area contributed by atoms with E-state index in [1.54, 1.807) is 0 Å². The van der Waals surface area contributed by atoms with Crippen LogP contribution in [0.5, 0.6) is 0 Å². The Morgan fingerprint density at radius 1 is 1.27 bits per heavy atom. The molecule has 0 saturated carbocycles. The number of hydrogen-bond donors (Lipinski definition) is 0. The summed E-state index contributed by atoms with van der Waals surface area (Å²) in [4.78, 5) is 11.3. The van der Waals surface area contributed by atoms with Gasteiger partial charge < -0.3 is 0 Å². The molecule has 0 unspecified atom stereocenters. The largest absolute Gasteiger partial charge is 0.292 e. The zero-order valence-corrected chi connectivity index (χ0v) is 7.19. The molecular formula is C8H6Cl2O. The molecule has 11 heavy (non-hydrogen) atoms. The van der Waals surface area contributed by atoms with Crippen molar-refractivity contribution in [2.24, 2.45) is 11.8 Å². The van der Waals surface area contributed by atoms with Crippen molar-refractivity contribution in [3.8, 4) is 0 Å². The molecule has 0 N–H and O–H groups in total. The van der Waals surface area contributed by atoms with E-state index in [1.165, 1.54) is 0 Å². The Labute approximate surface area is 74.7 Å². The molecule has 3 heteroatoms. The number of halogens is 2. The summed E-state index contributed by atoms with van der Waals surface area (Å²) in [6.07, 6.45) is 4.67. The van der Waals surface area contributed by atoms with Crippen LogP contribution in [0.15, 0.2) is 22.2 Å². The van der Waals surface area contributed by atoms with Gasteiger partial charge in [0.25, 0.3) is 0 Å². The second kappa shape index (κ2) is 2.36. The molecule has 2 rings (SSSR count). The topological polar surface area (TPSA) is 17.1 Å². The highest BCUT2D eigenvalue weighted by atomic mass is 35.5. The SMILES string of the molecule is O=C1C(Cl)=C(Cl)[C@H]2C=C[C@@H]1C2. The van der Waals surface area contributed by atoms with Crippen LogP contribution in [0.3, 0.4) is 0 Å². The van der Waals surface area contributed by atoms with Crippen LogP contribution in [0, 0.1) is 11.8 Å². The van der Waals surface area contributed by atoms with Gasteiger partial charge in [0.1, 0.15) is 0 Å². The van der Waals surface area contributed by atoms with Gasteiger partial charge in [-0.05, 0) is 6.42 Å². The fourth-order valence-electron chi connectivity index (χ4n) is 1.52. The third-order valence-corrected chi connectivity index (χ3v) is 3.13. The highest BCUT2D eigenvalue weighted by molar-refractivity contribution is 6.49. The molecule has 0 radical (unpaired) electrons. The predicted molar refractivity (Wildman–Crippen MR) is 44.5 cm³/mol. The molecule has 0 aliphatic heterocycles. The number of fused-ring (bicyclic) bond motifs is 2. The standard InChI is InChI=1S/C8H6Cl2O/c9-6-4-1-2-5(3-4)8(11)7(6)10/h1-2,4-5H,3H2/t4-,5+/m0/s1. The summed E-state index contributed by atoms with van der Waals surface area (Å²) in [6, 6.07) is 0. The van der Waals surface area contributed by atoms with Crippen LogP contribution in [-0.2, 0) is 4.79 Å². The first-order valence-electron chi connectivity index (χ1n) is 3.48. The number of carbonyl (C=O) groups excluding carboxylic acids is 1. The van der Waals surface area contributed by atoms with Crippen LogP contribution in [0.2, 0.25) is 0 Å². The van der Waals surface area contributed by atoms with E-state index in [0.717, 1.165) is 6.42 Å². The molecule has 58 valence electrons. The molecule has 0 aromatic heterocycles. The summed E-state index contributed by atoms with van der Waals surface area (Å²) < 4.78 is 0. The number of rotatable bonds is 0. The maximum Gasteiger partial charge on any atom is 0.182 e. The van der Waals surface area contributed by atoms with E-state index >= 15 is 0 Å². The van der Waals surface area contributed by atoms with Crippen LogP contribution in [0.1, 0.15) is 6.42 Å². The average Bonchev–Trinajstić information content (AvgIpc) is 2.44. The van der Waals surface area contributed by atoms with Crippen LogP contribution in [0.25, 0.3) is 0 Å². The van der Waals surface area contributed by atoms with Gasteiger partial charge in [0.2, 0.25) is 0 Å². The number of allylic oxidation sites excluding steroid dienone is 4. The van der Waals surface area contributed by atoms with Gasteiger partial charge in [-0.3, -0.25) is 4.79 Å². The smallest absolute Gasteiger partial charge is 0.182 e. The van der Waals surface area contributed by atoms with Crippen molar-refractivity contribution in [1.29, 1.82) is 0 Å². The van der Waals surface area contributed by atoms with Gasteiger partial charge in [-0.2, -0.15) is 0 Å². The molecule has 0 spiro atoms. The Kier molecular flexibility index (Phi) is 1.58. The minimum Gasteiger partial charge on any atom is -0.292 e. The first-order chi connectivity index (χ1) is 5.20.